The number of hydrogen-bond acceptors (Lipinski definition) is 1. The van der Waals surface area contributed by atoms with Crippen molar-refractivity contribution in [2.45, 2.75) is 32.6 Å². The fraction of sp³-hybridized carbons (Fsp3) is 0.571. The lowest BCUT2D eigenvalue weighted by atomic mass is 9.70. The average Bonchev–Trinajstić information content (AvgIpc) is 2.27. The molecule has 0 aromatic heterocycles. The lowest BCUT2D eigenvalue weighted by molar-refractivity contribution is 0.307. The summed E-state index contributed by atoms with van der Waals surface area (Å²) in [5, 5.41) is 0. The van der Waals surface area contributed by atoms with E-state index in [9.17, 15) is 4.39 Å². The van der Waals surface area contributed by atoms with Crippen LogP contribution in [0, 0.1) is 17.7 Å². The van der Waals surface area contributed by atoms with Crippen LogP contribution in [-0.2, 0) is 6.42 Å². The third-order valence-corrected chi connectivity index (χ3v) is 3.81. The van der Waals surface area contributed by atoms with Crippen molar-refractivity contribution in [2.75, 3.05) is 6.54 Å². The van der Waals surface area contributed by atoms with E-state index in [-0.39, 0.29) is 5.82 Å². The monoisotopic (exact) mass is 221 g/mol. The molecule has 1 aromatic carbocycles. The van der Waals surface area contributed by atoms with Crippen molar-refractivity contribution in [3.05, 3.63) is 35.1 Å². The molecule has 2 rings (SSSR count). The van der Waals surface area contributed by atoms with Crippen LogP contribution in [0.1, 0.15) is 37.3 Å². The second-order valence-electron chi connectivity index (χ2n) is 5.11. The van der Waals surface area contributed by atoms with Crippen LogP contribution in [-0.4, -0.2) is 6.54 Å². The largest absolute Gasteiger partial charge is 0.330 e. The molecule has 2 N–H and O–H groups in total. The van der Waals surface area contributed by atoms with Gasteiger partial charge in [-0.05, 0) is 54.3 Å². The Morgan fingerprint density at radius 1 is 1.44 bits per heavy atom. The Balaban J connectivity index is 2.45. The summed E-state index contributed by atoms with van der Waals surface area (Å²) in [4.78, 5) is 0. The third-order valence-electron chi connectivity index (χ3n) is 3.81. The first-order valence-corrected chi connectivity index (χ1v) is 6.12. The van der Waals surface area contributed by atoms with Gasteiger partial charge in [0.25, 0.3) is 0 Å². The van der Waals surface area contributed by atoms with Crippen molar-refractivity contribution in [2.24, 2.45) is 17.6 Å². The van der Waals surface area contributed by atoms with Gasteiger partial charge >= 0.3 is 0 Å². The smallest absolute Gasteiger partial charge is 0.126 e. The average molecular weight is 221 g/mol. The Hall–Kier alpha value is -0.890. The zero-order valence-corrected chi connectivity index (χ0v) is 10.0. The van der Waals surface area contributed by atoms with Gasteiger partial charge in [0.15, 0.2) is 0 Å². The van der Waals surface area contributed by atoms with Gasteiger partial charge in [-0.2, -0.15) is 0 Å². The predicted octanol–water partition coefficient (Wildman–Crippen LogP) is 3.09. The van der Waals surface area contributed by atoms with Gasteiger partial charge in [0, 0.05) is 0 Å². The number of fused-ring (bicyclic) bond motifs is 1. The van der Waals surface area contributed by atoms with E-state index < -0.39 is 0 Å². The Morgan fingerprint density at radius 2 is 2.19 bits per heavy atom. The molecule has 1 aromatic rings. The van der Waals surface area contributed by atoms with E-state index in [0.717, 1.165) is 18.4 Å². The Labute approximate surface area is 96.9 Å². The molecule has 2 heteroatoms. The summed E-state index contributed by atoms with van der Waals surface area (Å²) < 4.78 is 13.7. The van der Waals surface area contributed by atoms with Crippen molar-refractivity contribution in [3.63, 3.8) is 0 Å². The first-order chi connectivity index (χ1) is 7.65. The quantitative estimate of drug-likeness (QED) is 0.816. The number of nitrogens with two attached hydrogens (primary N) is 1. The Bertz CT molecular complexity index is 373. The molecule has 0 radical (unpaired) electrons. The second kappa shape index (κ2) is 4.54. The summed E-state index contributed by atoms with van der Waals surface area (Å²) in [6, 6.07) is 5.46. The highest BCUT2D eigenvalue weighted by Gasteiger charge is 2.31. The van der Waals surface area contributed by atoms with Crippen LogP contribution in [0.15, 0.2) is 18.2 Å². The van der Waals surface area contributed by atoms with Gasteiger partial charge < -0.3 is 5.73 Å². The van der Waals surface area contributed by atoms with E-state index in [4.69, 9.17) is 5.73 Å². The molecule has 0 heterocycles. The first-order valence-electron chi connectivity index (χ1n) is 6.12. The van der Waals surface area contributed by atoms with E-state index in [2.05, 4.69) is 19.9 Å². The van der Waals surface area contributed by atoms with Crippen LogP contribution in [0.4, 0.5) is 4.39 Å². The fourth-order valence-electron chi connectivity index (χ4n) is 3.08. The molecule has 1 aliphatic rings. The van der Waals surface area contributed by atoms with Crippen molar-refractivity contribution in [1.82, 2.24) is 0 Å². The Morgan fingerprint density at radius 3 is 2.81 bits per heavy atom. The van der Waals surface area contributed by atoms with Crippen LogP contribution >= 0.6 is 0 Å². The molecule has 0 fully saturated rings. The van der Waals surface area contributed by atoms with Gasteiger partial charge in [-0.15, -0.1) is 0 Å². The van der Waals surface area contributed by atoms with E-state index >= 15 is 0 Å². The number of halogens is 1. The second-order valence-corrected chi connectivity index (χ2v) is 5.11. The fourth-order valence-corrected chi connectivity index (χ4v) is 3.08. The molecule has 0 spiro atoms. The van der Waals surface area contributed by atoms with Gasteiger partial charge in [0.05, 0.1) is 0 Å². The minimum Gasteiger partial charge on any atom is -0.330 e. The molecule has 2 atom stereocenters. The summed E-state index contributed by atoms with van der Waals surface area (Å²) in [5.74, 6) is 1.41. The third kappa shape index (κ3) is 1.86. The van der Waals surface area contributed by atoms with Crippen LogP contribution in [0.2, 0.25) is 0 Å². The minimum atomic E-state index is -0.0429. The zero-order valence-electron chi connectivity index (χ0n) is 10.0. The molecule has 16 heavy (non-hydrogen) atoms. The molecule has 2 unspecified atom stereocenters. The highest BCUT2D eigenvalue weighted by molar-refractivity contribution is 5.35. The summed E-state index contributed by atoms with van der Waals surface area (Å²) in [6.07, 6.45) is 1.86. The molecule has 0 saturated heterocycles. The highest BCUT2D eigenvalue weighted by Crippen LogP contribution is 2.41. The van der Waals surface area contributed by atoms with Crippen LogP contribution in [0.25, 0.3) is 0 Å². The minimum absolute atomic E-state index is 0.0429. The molecule has 1 aliphatic carbocycles. The standard InChI is InChI=1S/C14H20FN/c1-9(2)14-10(8-16)6-7-11-12(14)4-3-5-13(11)15/h3-5,9-10,14H,6-8,16H2,1-2H3. The zero-order chi connectivity index (χ0) is 11.7. The molecular weight excluding hydrogens is 201 g/mol. The maximum Gasteiger partial charge on any atom is 0.126 e. The molecule has 0 bridgehead atoms. The topological polar surface area (TPSA) is 26.0 Å². The maximum atomic E-state index is 13.7. The van der Waals surface area contributed by atoms with Crippen LogP contribution in [0.5, 0.6) is 0 Å². The predicted molar refractivity (Wildman–Crippen MR) is 64.8 cm³/mol. The maximum absolute atomic E-state index is 13.7. The van der Waals surface area contributed by atoms with Gasteiger partial charge in [0.2, 0.25) is 0 Å². The van der Waals surface area contributed by atoms with Gasteiger partial charge in [0.1, 0.15) is 5.82 Å². The molecule has 1 nitrogen and oxygen atoms in total. The molecular formula is C14H20FN. The van der Waals surface area contributed by atoms with Crippen molar-refractivity contribution < 1.29 is 4.39 Å². The highest BCUT2D eigenvalue weighted by atomic mass is 19.1. The van der Waals surface area contributed by atoms with Gasteiger partial charge in [-0.1, -0.05) is 26.0 Å². The van der Waals surface area contributed by atoms with Crippen LogP contribution in [0.3, 0.4) is 0 Å². The van der Waals surface area contributed by atoms with Crippen molar-refractivity contribution in [3.8, 4) is 0 Å². The number of benzene rings is 1. The number of hydrogen-bond donors (Lipinski definition) is 1. The molecule has 0 aliphatic heterocycles. The molecule has 0 amide bonds. The van der Waals surface area contributed by atoms with Crippen LogP contribution < -0.4 is 5.73 Å². The van der Waals surface area contributed by atoms with Crippen molar-refractivity contribution >= 4 is 0 Å². The molecule has 88 valence electrons. The SMILES string of the molecule is CC(C)C1c2cccc(F)c2CCC1CN. The van der Waals surface area contributed by atoms with E-state index in [1.807, 2.05) is 6.07 Å². The number of rotatable bonds is 2. The van der Waals surface area contributed by atoms with E-state index in [1.165, 1.54) is 5.56 Å². The van der Waals surface area contributed by atoms with Crippen molar-refractivity contribution in [1.29, 1.82) is 0 Å². The van der Waals surface area contributed by atoms with E-state index in [1.54, 1.807) is 6.07 Å². The van der Waals surface area contributed by atoms with E-state index in [0.29, 0.717) is 24.3 Å². The summed E-state index contributed by atoms with van der Waals surface area (Å²) in [6.45, 7) is 5.11. The lowest BCUT2D eigenvalue weighted by Gasteiger charge is -2.35. The van der Waals surface area contributed by atoms with Gasteiger partial charge in [-0.3, -0.25) is 0 Å². The Kier molecular flexibility index (Phi) is 3.29. The summed E-state index contributed by atoms with van der Waals surface area (Å²) in [7, 11) is 0. The summed E-state index contributed by atoms with van der Waals surface area (Å²) in [5.41, 5.74) is 7.95. The molecule has 0 saturated carbocycles. The first kappa shape index (κ1) is 11.6. The normalized spacial score (nSPS) is 24.6. The van der Waals surface area contributed by atoms with Gasteiger partial charge in [-0.25, -0.2) is 4.39 Å². The summed E-state index contributed by atoms with van der Waals surface area (Å²) >= 11 is 0. The lowest BCUT2D eigenvalue weighted by Crippen LogP contribution is -2.30.